The zero-order chi connectivity index (χ0) is 20.6. The molecule has 0 aliphatic rings. The van der Waals surface area contributed by atoms with Crippen LogP contribution in [-0.4, -0.2) is 47.5 Å². The lowest BCUT2D eigenvalue weighted by atomic mass is 10.2. The first-order valence-electron chi connectivity index (χ1n) is 8.92. The molecule has 0 aliphatic heterocycles. The van der Waals surface area contributed by atoms with Crippen molar-refractivity contribution in [2.45, 2.75) is 6.54 Å². The number of anilines is 3. The quantitative estimate of drug-likeness (QED) is 0.396. The molecule has 0 aliphatic carbocycles. The van der Waals surface area contributed by atoms with Crippen LogP contribution in [0.1, 0.15) is 11.1 Å². The molecule has 0 atom stereocenters. The highest BCUT2D eigenvalue weighted by Gasteiger charge is 2.08. The lowest BCUT2D eigenvalue weighted by molar-refractivity contribution is 0.373. The van der Waals surface area contributed by atoms with E-state index in [1.807, 2.05) is 44.4 Å². The first-order valence-corrected chi connectivity index (χ1v) is 8.92. The van der Waals surface area contributed by atoms with E-state index in [2.05, 4.69) is 30.8 Å². The number of rotatable bonds is 8. The summed E-state index contributed by atoms with van der Waals surface area (Å²) in [5.74, 6) is 1.69. The number of benzene rings is 2. The first-order chi connectivity index (χ1) is 14.0. The number of methoxy groups -OCH3 is 1. The van der Waals surface area contributed by atoms with Crippen LogP contribution in [0.4, 0.5) is 17.8 Å². The molecule has 9 heteroatoms. The fourth-order valence-electron chi connectivity index (χ4n) is 2.41. The molecule has 3 N–H and O–H groups in total. The minimum Gasteiger partial charge on any atom is -0.504 e. The molecule has 0 amide bonds. The molecule has 3 aromatic rings. The van der Waals surface area contributed by atoms with E-state index < -0.39 is 0 Å². The van der Waals surface area contributed by atoms with E-state index in [1.54, 1.807) is 29.3 Å². The van der Waals surface area contributed by atoms with Crippen LogP contribution in [0.25, 0.3) is 0 Å². The number of aromatic hydroxyl groups is 1. The lowest BCUT2D eigenvalue weighted by Gasteiger charge is -2.13. The average molecular weight is 393 g/mol. The number of nitrogens with one attached hydrogen (secondary N) is 2. The molecule has 2 aromatic carbocycles. The molecule has 0 unspecified atom stereocenters. The number of hydrogen-bond acceptors (Lipinski definition) is 9. The summed E-state index contributed by atoms with van der Waals surface area (Å²) in [6, 6.07) is 14.9. The second-order valence-corrected chi connectivity index (χ2v) is 6.32. The average Bonchev–Trinajstić information content (AvgIpc) is 2.74. The van der Waals surface area contributed by atoms with E-state index in [4.69, 9.17) is 4.74 Å². The number of phenols is 1. The fraction of sp³-hybridized carbons (Fsp3) is 0.200. The lowest BCUT2D eigenvalue weighted by Crippen LogP contribution is -2.16. The van der Waals surface area contributed by atoms with Crippen molar-refractivity contribution >= 4 is 24.1 Å². The van der Waals surface area contributed by atoms with Gasteiger partial charge in [0.25, 0.3) is 0 Å². The highest BCUT2D eigenvalue weighted by atomic mass is 16.5. The minimum atomic E-state index is 0.0693. The van der Waals surface area contributed by atoms with Gasteiger partial charge in [0.2, 0.25) is 17.8 Å². The van der Waals surface area contributed by atoms with Crippen molar-refractivity contribution in [1.82, 2.24) is 15.0 Å². The summed E-state index contributed by atoms with van der Waals surface area (Å²) in [4.78, 5) is 14.9. The SMILES string of the molecule is COc1cc(/C=N/Nc2nc(NCc3ccccc3)nc(N(C)C)n2)ccc1O. The number of nitrogens with zero attached hydrogens (tertiary/aromatic N) is 5. The zero-order valence-electron chi connectivity index (χ0n) is 16.5. The summed E-state index contributed by atoms with van der Waals surface area (Å²) in [7, 11) is 5.20. The van der Waals surface area contributed by atoms with E-state index in [0.29, 0.717) is 30.1 Å². The number of hydrogen-bond donors (Lipinski definition) is 3. The van der Waals surface area contributed by atoms with Gasteiger partial charge < -0.3 is 20.1 Å². The van der Waals surface area contributed by atoms with Crippen molar-refractivity contribution < 1.29 is 9.84 Å². The predicted molar refractivity (Wildman–Crippen MR) is 114 cm³/mol. The maximum absolute atomic E-state index is 9.66. The Kier molecular flexibility index (Phi) is 6.41. The Morgan fingerprint density at radius 3 is 2.55 bits per heavy atom. The van der Waals surface area contributed by atoms with Crippen LogP contribution in [-0.2, 0) is 6.54 Å². The molecule has 29 heavy (non-hydrogen) atoms. The van der Waals surface area contributed by atoms with Crippen LogP contribution in [0, 0.1) is 0 Å². The summed E-state index contributed by atoms with van der Waals surface area (Å²) >= 11 is 0. The van der Waals surface area contributed by atoms with Crippen LogP contribution in [0.5, 0.6) is 11.5 Å². The van der Waals surface area contributed by atoms with E-state index in [0.717, 1.165) is 11.1 Å². The Bertz CT molecular complexity index is 978. The Balaban J connectivity index is 1.73. The number of hydrazone groups is 1. The minimum absolute atomic E-state index is 0.0693. The van der Waals surface area contributed by atoms with E-state index >= 15 is 0 Å². The molecule has 150 valence electrons. The third-order valence-electron chi connectivity index (χ3n) is 3.90. The molecule has 3 rings (SSSR count). The second-order valence-electron chi connectivity index (χ2n) is 6.32. The maximum atomic E-state index is 9.66. The first kappa shape index (κ1) is 19.9. The van der Waals surface area contributed by atoms with Crippen LogP contribution in [0.2, 0.25) is 0 Å². The van der Waals surface area contributed by atoms with Gasteiger partial charge in [-0.05, 0) is 29.3 Å². The van der Waals surface area contributed by atoms with Crippen molar-refractivity contribution in [3.05, 3.63) is 59.7 Å². The molecule has 0 spiro atoms. The summed E-state index contributed by atoms with van der Waals surface area (Å²) < 4.78 is 5.09. The fourth-order valence-corrected chi connectivity index (χ4v) is 2.41. The molecule has 0 saturated heterocycles. The van der Waals surface area contributed by atoms with Crippen molar-refractivity contribution in [2.24, 2.45) is 5.10 Å². The third kappa shape index (κ3) is 5.55. The number of phenolic OH excluding ortho intramolecular Hbond substituents is 1. The Hall–Kier alpha value is -3.88. The molecule has 1 heterocycles. The van der Waals surface area contributed by atoms with Gasteiger partial charge in [-0.3, -0.25) is 0 Å². The van der Waals surface area contributed by atoms with Crippen molar-refractivity contribution in [2.75, 3.05) is 36.8 Å². The molecule has 9 nitrogen and oxygen atoms in total. The van der Waals surface area contributed by atoms with E-state index in [9.17, 15) is 5.11 Å². The van der Waals surface area contributed by atoms with Gasteiger partial charge in [-0.2, -0.15) is 20.1 Å². The molecular weight excluding hydrogens is 370 g/mol. The van der Waals surface area contributed by atoms with Gasteiger partial charge in [-0.15, -0.1) is 0 Å². The Morgan fingerprint density at radius 1 is 1.07 bits per heavy atom. The third-order valence-corrected chi connectivity index (χ3v) is 3.90. The molecular formula is C20H23N7O2. The highest BCUT2D eigenvalue weighted by Crippen LogP contribution is 2.25. The van der Waals surface area contributed by atoms with E-state index in [-0.39, 0.29) is 5.75 Å². The summed E-state index contributed by atoms with van der Waals surface area (Å²) in [6.07, 6.45) is 1.58. The van der Waals surface area contributed by atoms with Gasteiger partial charge in [0, 0.05) is 20.6 Å². The zero-order valence-corrected chi connectivity index (χ0v) is 16.5. The van der Waals surface area contributed by atoms with Crippen molar-refractivity contribution in [3.63, 3.8) is 0 Å². The highest BCUT2D eigenvalue weighted by molar-refractivity contribution is 5.81. The topological polar surface area (TPSA) is 108 Å². The normalized spacial score (nSPS) is 10.7. The van der Waals surface area contributed by atoms with Gasteiger partial charge in [0.15, 0.2) is 11.5 Å². The molecule has 0 saturated carbocycles. The van der Waals surface area contributed by atoms with Crippen LogP contribution in [0.15, 0.2) is 53.6 Å². The second kappa shape index (κ2) is 9.36. The standard InChI is InChI=1S/C20H23N7O2/c1-27(2)20-24-18(21-12-14-7-5-4-6-8-14)23-19(25-20)26-22-13-15-9-10-16(28)17(11-15)29-3/h4-11,13,28H,12H2,1-3H3,(H2,21,23,24,25,26)/b22-13+. The van der Waals surface area contributed by atoms with E-state index in [1.165, 1.54) is 7.11 Å². The van der Waals surface area contributed by atoms with Crippen molar-refractivity contribution in [3.8, 4) is 11.5 Å². The van der Waals surface area contributed by atoms with Gasteiger partial charge in [0.1, 0.15) is 0 Å². The summed E-state index contributed by atoms with van der Waals surface area (Å²) in [6.45, 7) is 0.591. The molecule has 1 aromatic heterocycles. The Morgan fingerprint density at radius 2 is 1.83 bits per heavy atom. The number of ether oxygens (including phenoxy) is 1. The maximum Gasteiger partial charge on any atom is 0.250 e. The molecule has 0 radical (unpaired) electrons. The monoisotopic (exact) mass is 393 g/mol. The Labute approximate surface area is 169 Å². The number of aromatic nitrogens is 3. The summed E-state index contributed by atoms with van der Waals surface area (Å²) in [5.41, 5.74) is 4.68. The predicted octanol–water partition coefficient (Wildman–Crippen LogP) is 2.71. The molecule has 0 fully saturated rings. The van der Waals surface area contributed by atoms with Gasteiger partial charge >= 0.3 is 0 Å². The van der Waals surface area contributed by atoms with Gasteiger partial charge in [-0.1, -0.05) is 30.3 Å². The largest absolute Gasteiger partial charge is 0.504 e. The smallest absolute Gasteiger partial charge is 0.250 e. The van der Waals surface area contributed by atoms with Gasteiger partial charge in [0.05, 0.1) is 13.3 Å². The molecule has 0 bridgehead atoms. The van der Waals surface area contributed by atoms with Crippen molar-refractivity contribution in [1.29, 1.82) is 0 Å². The van der Waals surface area contributed by atoms with Crippen LogP contribution >= 0.6 is 0 Å². The van der Waals surface area contributed by atoms with Crippen LogP contribution < -0.4 is 20.4 Å². The summed E-state index contributed by atoms with van der Waals surface area (Å²) in [5, 5.41) is 17.0. The van der Waals surface area contributed by atoms with Crippen LogP contribution in [0.3, 0.4) is 0 Å². The van der Waals surface area contributed by atoms with Gasteiger partial charge in [-0.25, -0.2) is 5.43 Å².